The Bertz CT molecular complexity index is 632. The highest BCUT2D eigenvalue weighted by Crippen LogP contribution is 2.32. The van der Waals surface area contributed by atoms with Crippen LogP contribution in [0.5, 0.6) is 0 Å². The van der Waals surface area contributed by atoms with E-state index in [2.05, 4.69) is 31.1 Å². The Balaban J connectivity index is 2.28. The molecule has 0 aliphatic carbocycles. The molecule has 2 rings (SSSR count). The van der Waals surface area contributed by atoms with Gasteiger partial charge in [0.2, 0.25) is 0 Å². The maximum absolute atomic E-state index is 10.6. The van der Waals surface area contributed by atoms with Gasteiger partial charge in [-0.1, -0.05) is 0 Å². The van der Waals surface area contributed by atoms with Crippen LogP contribution >= 0.6 is 27.7 Å². The number of hydrogen-bond acceptors (Lipinski definition) is 7. The van der Waals surface area contributed by atoms with Crippen LogP contribution in [0.15, 0.2) is 26.9 Å². The van der Waals surface area contributed by atoms with Gasteiger partial charge < -0.3 is 9.67 Å². The molecule has 2 aromatic rings. The number of aliphatic hydroxyl groups excluding tert-OH is 1. The molecule has 0 saturated heterocycles. The van der Waals surface area contributed by atoms with E-state index in [0.29, 0.717) is 20.5 Å². The first-order valence-electron chi connectivity index (χ1n) is 5.00. The molecule has 0 bridgehead atoms. The predicted molar refractivity (Wildman–Crippen MR) is 69.6 cm³/mol. The standard InChI is InChI=1S/C9H8BrN5O3S/c1-14-7(4-16)12-13-9(14)19-8-6(10)2-5(3-11-8)15(17)18/h2-3,16H,4H2,1H3. The molecule has 0 aliphatic heterocycles. The largest absolute Gasteiger partial charge is 0.388 e. The Morgan fingerprint density at radius 1 is 1.58 bits per heavy atom. The van der Waals surface area contributed by atoms with Crippen LogP contribution in [0.4, 0.5) is 5.69 Å². The van der Waals surface area contributed by atoms with Gasteiger partial charge in [-0.2, -0.15) is 0 Å². The minimum atomic E-state index is -0.515. The molecule has 0 radical (unpaired) electrons. The van der Waals surface area contributed by atoms with Gasteiger partial charge in [-0.15, -0.1) is 10.2 Å². The smallest absolute Gasteiger partial charge is 0.288 e. The molecular weight excluding hydrogens is 338 g/mol. The maximum Gasteiger partial charge on any atom is 0.288 e. The summed E-state index contributed by atoms with van der Waals surface area (Å²) in [7, 11) is 1.72. The molecule has 0 aromatic carbocycles. The molecule has 0 saturated carbocycles. The molecule has 0 atom stereocenters. The third kappa shape index (κ3) is 2.91. The quantitative estimate of drug-likeness (QED) is 0.661. The van der Waals surface area contributed by atoms with Crippen LogP contribution in [0.1, 0.15) is 5.82 Å². The summed E-state index contributed by atoms with van der Waals surface area (Å²) in [5.74, 6) is 0.431. The fourth-order valence-electron chi connectivity index (χ4n) is 1.25. The number of nitrogens with zero attached hydrogens (tertiary/aromatic N) is 5. The van der Waals surface area contributed by atoms with Crippen molar-refractivity contribution in [2.75, 3.05) is 0 Å². The van der Waals surface area contributed by atoms with Gasteiger partial charge in [-0.05, 0) is 27.7 Å². The van der Waals surface area contributed by atoms with E-state index in [1.54, 1.807) is 11.6 Å². The maximum atomic E-state index is 10.6. The van der Waals surface area contributed by atoms with E-state index < -0.39 is 4.92 Å². The van der Waals surface area contributed by atoms with Crippen molar-refractivity contribution in [1.29, 1.82) is 0 Å². The molecule has 1 N–H and O–H groups in total. The van der Waals surface area contributed by atoms with Crippen LogP contribution in [0, 0.1) is 10.1 Å². The average molecular weight is 346 g/mol. The van der Waals surface area contributed by atoms with Gasteiger partial charge in [0.25, 0.3) is 5.69 Å². The zero-order valence-electron chi connectivity index (χ0n) is 9.65. The topological polar surface area (TPSA) is 107 Å². The van der Waals surface area contributed by atoms with Gasteiger partial charge >= 0.3 is 0 Å². The number of aromatic nitrogens is 4. The van der Waals surface area contributed by atoms with Crippen molar-refractivity contribution in [3.05, 3.63) is 32.7 Å². The van der Waals surface area contributed by atoms with Crippen molar-refractivity contribution in [1.82, 2.24) is 19.7 Å². The number of hydrogen-bond donors (Lipinski definition) is 1. The molecule has 0 aliphatic rings. The lowest BCUT2D eigenvalue weighted by atomic mass is 10.4. The van der Waals surface area contributed by atoms with E-state index in [-0.39, 0.29) is 12.3 Å². The normalized spacial score (nSPS) is 10.7. The highest BCUT2D eigenvalue weighted by atomic mass is 79.9. The highest BCUT2D eigenvalue weighted by molar-refractivity contribution is 9.10. The first kappa shape index (κ1) is 13.9. The van der Waals surface area contributed by atoms with Crippen LogP contribution in [-0.4, -0.2) is 29.8 Å². The Hall–Kier alpha value is -1.52. The van der Waals surface area contributed by atoms with Crippen LogP contribution in [0.2, 0.25) is 0 Å². The second-order valence-corrected chi connectivity index (χ2v) is 5.27. The van der Waals surface area contributed by atoms with Gasteiger partial charge in [-0.25, -0.2) is 4.98 Å². The molecule has 0 fully saturated rings. The van der Waals surface area contributed by atoms with Gasteiger partial charge in [0.1, 0.15) is 17.8 Å². The zero-order valence-corrected chi connectivity index (χ0v) is 12.1. The minimum absolute atomic E-state index is 0.0924. The predicted octanol–water partition coefficient (Wildman–Crippen LogP) is 1.52. The molecule has 8 nitrogen and oxygen atoms in total. The van der Waals surface area contributed by atoms with E-state index in [0.717, 1.165) is 0 Å². The molecule has 100 valence electrons. The number of pyridine rings is 1. The van der Waals surface area contributed by atoms with Crippen LogP contribution in [-0.2, 0) is 13.7 Å². The van der Waals surface area contributed by atoms with Gasteiger partial charge in [0.15, 0.2) is 11.0 Å². The summed E-state index contributed by atoms with van der Waals surface area (Å²) in [5.41, 5.74) is -0.0924. The lowest BCUT2D eigenvalue weighted by Crippen LogP contribution is -1.98. The number of halogens is 1. The lowest BCUT2D eigenvalue weighted by Gasteiger charge is -2.03. The third-order valence-corrected chi connectivity index (χ3v) is 4.18. The molecule has 2 aromatic heterocycles. The van der Waals surface area contributed by atoms with Crippen LogP contribution in [0.3, 0.4) is 0 Å². The highest BCUT2D eigenvalue weighted by Gasteiger charge is 2.15. The van der Waals surface area contributed by atoms with Crippen molar-refractivity contribution in [2.24, 2.45) is 7.05 Å². The summed E-state index contributed by atoms with van der Waals surface area (Å²) >= 11 is 4.42. The minimum Gasteiger partial charge on any atom is -0.388 e. The summed E-state index contributed by atoms with van der Waals surface area (Å²) in [6.45, 7) is -0.209. The van der Waals surface area contributed by atoms with Gasteiger partial charge in [0.05, 0.1) is 9.40 Å². The summed E-state index contributed by atoms with van der Waals surface area (Å²) < 4.78 is 2.13. The number of nitro groups is 1. The second-order valence-electron chi connectivity index (χ2n) is 3.46. The van der Waals surface area contributed by atoms with Gasteiger partial charge in [-0.3, -0.25) is 10.1 Å². The molecule has 2 heterocycles. The summed E-state index contributed by atoms with van der Waals surface area (Å²) in [5, 5.41) is 28.4. The van der Waals surface area contributed by atoms with E-state index in [1.807, 2.05) is 0 Å². The van der Waals surface area contributed by atoms with Crippen molar-refractivity contribution in [3.63, 3.8) is 0 Å². The Morgan fingerprint density at radius 2 is 2.32 bits per heavy atom. The van der Waals surface area contributed by atoms with Gasteiger partial charge in [0, 0.05) is 13.1 Å². The van der Waals surface area contributed by atoms with Crippen LogP contribution in [0.25, 0.3) is 0 Å². The van der Waals surface area contributed by atoms with Crippen molar-refractivity contribution in [2.45, 2.75) is 16.8 Å². The number of rotatable bonds is 4. The molecular formula is C9H8BrN5O3S. The zero-order chi connectivity index (χ0) is 14.0. The summed E-state index contributed by atoms with van der Waals surface area (Å²) in [6, 6.07) is 1.37. The fraction of sp³-hybridized carbons (Fsp3) is 0.222. The van der Waals surface area contributed by atoms with Crippen LogP contribution < -0.4 is 0 Å². The van der Waals surface area contributed by atoms with Crippen molar-refractivity contribution in [3.8, 4) is 0 Å². The van der Waals surface area contributed by atoms with Crippen molar-refractivity contribution < 1.29 is 10.0 Å². The molecule has 10 heteroatoms. The van der Waals surface area contributed by atoms with Crippen molar-refractivity contribution >= 4 is 33.4 Å². The Kier molecular flexibility index (Phi) is 4.12. The average Bonchev–Trinajstić information content (AvgIpc) is 2.72. The lowest BCUT2D eigenvalue weighted by molar-refractivity contribution is -0.385. The Morgan fingerprint density at radius 3 is 2.84 bits per heavy atom. The molecule has 0 amide bonds. The molecule has 0 spiro atoms. The van der Waals surface area contributed by atoms with E-state index in [1.165, 1.54) is 24.0 Å². The second kappa shape index (κ2) is 5.63. The monoisotopic (exact) mass is 345 g/mol. The molecule has 0 unspecified atom stereocenters. The number of aliphatic hydroxyl groups is 1. The Labute approximate surface area is 120 Å². The van der Waals surface area contributed by atoms with E-state index >= 15 is 0 Å². The first-order valence-corrected chi connectivity index (χ1v) is 6.60. The van der Waals surface area contributed by atoms with E-state index in [4.69, 9.17) is 5.11 Å². The molecule has 19 heavy (non-hydrogen) atoms. The summed E-state index contributed by atoms with van der Waals surface area (Å²) in [6.07, 6.45) is 1.18. The first-order chi connectivity index (χ1) is 9.02. The SMILES string of the molecule is Cn1c(CO)nnc1Sc1ncc([N+](=O)[O-])cc1Br. The summed E-state index contributed by atoms with van der Waals surface area (Å²) in [4.78, 5) is 14.1. The fourth-order valence-corrected chi connectivity index (χ4v) is 2.59. The van der Waals surface area contributed by atoms with E-state index in [9.17, 15) is 10.1 Å². The third-order valence-electron chi connectivity index (χ3n) is 2.26.